The summed E-state index contributed by atoms with van der Waals surface area (Å²) in [5, 5.41) is 15.3. The number of carbonyl (C=O) groups is 2. The van der Waals surface area contributed by atoms with E-state index in [-0.39, 0.29) is 17.6 Å². The number of phenols is 1. The van der Waals surface area contributed by atoms with Gasteiger partial charge in [0.1, 0.15) is 11.8 Å². The van der Waals surface area contributed by atoms with Crippen LogP contribution in [0.4, 0.5) is 0 Å². The Balaban J connectivity index is 1.80. The summed E-state index contributed by atoms with van der Waals surface area (Å²) in [6, 6.07) is 8.12. The second-order valence-electron chi connectivity index (χ2n) is 8.36. The molecule has 5 N–H and O–H groups in total. The van der Waals surface area contributed by atoms with Crippen molar-refractivity contribution in [1.82, 2.24) is 10.6 Å². The number of hydrogen-bond donors (Lipinski definition) is 4. The van der Waals surface area contributed by atoms with E-state index in [0.29, 0.717) is 13.0 Å². The SMILES string of the molecule is Cc1cccc(C)c1CCCNC(=O)[C@@H](C)NC(=O)C(N)Cc1c(C)cc(O)cc1C. The van der Waals surface area contributed by atoms with E-state index in [2.05, 4.69) is 42.7 Å². The summed E-state index contributed by atoms with van der Waals surface area (Å²) < 4.78 is 0. The zero-order valence-corrected chi connectivity index (χ0v) is 19.2. The number of carbonyl (C=O) groups excluding carboxylic acids is 2. The highest BCUT2D eigenvalue weighted by atomic mass is 16.3. The Kier molecular flexibility index (Phi) is 8.63. The maximum atomic E-state index is 12.5. The molecule has 1 unspecified atom stereocenters. The van der Waals surface area contributed by atoms with Crippen LogP contribution in [-0.4, -0.2) is 35.5 Å². The molecule has 2 amide bonds. The molecule has 0 bridgehead atoms. The molecule has 0 aliphatic rings. The smallest absolute Gasteiger partial charge is 0.242 e. The van der Waals surface area contributed by atoms with Crippen LogP contribution in [0.25, 0.3) is 0 Å². The van der Waals surface area contributed by atoms with Crippen LogP contribution in [0.3, 0.4) is 0 Å². The molecule has 0 aliphatic carbocycles. The average Bonchev–Trinajstić information content (AvgIpc) is 2.69. The summed E-state index contributed by atoms with van der Waals surface area (Å²) in [4.78, 5) is 24.8. The first-order valence-corrected chi connectivity index (χ1v) is 10.8. The minimum atomic E-state index is -0.777. The van der Waals surface area contributed by atoms with Crippen molar-refractivity contribution >= 4 is 11.8 Å². The third-order valence-electron chi connectivity index (χ3n) is 5.74. The molecular weight excluding hydrogens is 390 g/mol. The van der Waals surface area contributed by atoms with Crippen molar-refractivity contribution in [2.75, 3.05) is 6.54 Å². The molecule has 0 aromatic heterocycles. The largest absolute Gasteiger partial charge is 0.508 e. The quantitative estimate of drug-likeness (QED) is 0.464. The van der Waals surface area contributed by atoms with Crippen LogP contribution in [0.5, 0.6) is 5.75 Å². The van der Waals surface area contributed by atoms with Gasteiger partial charge in [-0.25, -0.2) is 0 Å². The number of aromatic hydroxyl groups is 1. The Labute approximate surface area is 185 Å². The molecule has 0 fully saturated rings. The van der Waals surface area contributed by atoms with Crippen LogP contribution in [0, 0.1) is 27.7 Å². The van der Waals surface area contributed by atoms with Gasteiger partial charge in [0.15, 0.2) is 0 Å². The second-order valence-corrected chi connectivity index (χ2v) is 8.36. The minimum absolute atomic E-state index is 0.194. The highest BCUT2D eigenvalue weighted by Crippen LogP contribution is 2.21. The lowest BCUT2D eigenvalue weighted by atomic mass is 9.96. The maximum absolute atomic E-state index is 12.5. The molecule has 0 saturated heterocycles. The number of aryl methyl sites for hydroxylation is 4. The first-order chi connectivity index (χ1) is 14.6. The zero-order chi connectivity index (χ0) is 23.1. The van der Waals surface area contributed by atoms with E-state index in [1.807, 2.05) is 13.8 Å². The minimum Gasteiger partial charge on any atom is -0.508 e. The summed E-state index contributed by atoms with van der Waals surface area (Å²) in [6.07, 6.45) is 2.07. The number of hydrogen-bond acceptors (Lipinski definition) is 4. The van der Waals surface area contributed by atoms with Gasteiger partial charge in [-0.3, -0.25) is 9.59 Å². The third kappa shape index (κ3) is 6.82. The Morgan fingerprint density at radius 2 is 1.55 bits per heavy atom. The van der Waals surface area contributed by atoms with E-state index in [4.69, 9.17) is 5.73 Å². The van der Waals surface area contributed by atoms with Crippen molar-refractivity contribution in [3.63, 3.8) is 0 Å². The number of nitrogens with one attached hydrogen (secondary N) is 2. The number of benzene rings is 2. The van der Waals surface area contributed by atoms with Gasteiger partial charge in [-0.1, -0.05) is 18.2 Å². The highest BCUT2D eigenvalue weighted by molar-refractivity contribution is 5.89. The van der Waals surface area contributed by atoms with E-state index in [9.17, 15) is 14.7 Å². The Morgan fingerprint density at radius 1 is 0.968 bits per heavy atom. The molecule has 168 valence electrons. The van der Waals surface area contributed by atoms with Crippen LogP contribution in [0.15, 0.2) is 30.3 Å². The Hall–Kier alpha value is -2.86. The summed E-state index contributed by atoms with van der Waals surface area (Å²) in [5.74, 6) is -0.399. The fraction of sp³-hybridized carbons (Fsp3) is 0.440. The van der Waals surface area contributed by atoms with Crippen LogP contribution in [0.1, 0.15) is 46.7 Å². The zero-order valence-electron chi connectivity index (χ0n) is 19.2. The van der Waals surface area contributed by atoms with E-state index in [0.717, 1.165) is 29.5 Å². The molecule has 0 heterocycles. The molecule has 0 saturated carbocycles. The van der Waals surface area contributed by atoms with Gasteiger partial charge in [0.2, 0.25) is 11.8 Å². The van der Waals surface area contributed by atoms with Crippen LogP contribution in [0.2, 0.25) is 0 Å². The van der Waals surface area contributed by atoms with E-state index < -0.39 is 12.1 Å². The van der Waals surface area contributed by atoms with Crippen molar-refractivity contribution in [2.45, 2.75) is 66.0 Å². The van der Waals surface area contributed by atoms with Crippen LogP contribution < -0.4 is 16.4 Å². The van der Waals surface area contributed by atoms with Gasteiger partial charge < -0.3 is 21.5 Å². The lowest BCUT2D eigenvalue weighted by molar-refractivity contribution is -0.129. The summed E-state index contributed by atoms with van der Waals surface area (Å²) in [6.45, 7) is 10.2. The van der Waals surface area contributed by atoms with E-state index in [1.54, 1.807) is 19.1 Å². The predicted octanol–water partition coefficient (Wildman–Crippen LogP) is 2.75. The van der Waals surface area contributed by atoms with Gasteiger partial charge in [0.25, 0.3) is 0 Å². The first-order valence-electron chi connectivity index (χ1n) is 10.8. The number of rotatable bonds is 9. The summed E-state index contributed by atoms with van der Waals surface area (Å²) >= 11 is 0. The van der Waals surface area contributed by atoms with E-state index >= 15 is 0 Å². The lowest BCUT2D eigenvalue weighted by Crippen LogP contribution is -2.51. The molecule has 6 heteroatoms. The number of amides is 2. The van der Waals surface area contributed by atoms with Gasteiger partial charge in [0.05, 0.1) is 6.04 Å². The second kappa shape index (κ2) is 11.0. The summed E-state index contributed by atoms with van der Waals surface area (Å²) in [5.41, 5.74) is 12.6. The fourth-order valence-corrected chi connectivity index (χ4v) is 3.86. The standard InChI is InChI=1S/C25H35N3O3/c1-15-8-6-9-16(2)21(15)10-7-11-27-24(30)19(5)28-25(31)23(26)14-22-17(3)12-20(29)13-18(22)4/h6,8-9,12-13,19,23,29H,7,10-11,14,26H2,1-5H3,(H,27,30)(H,28,31)/t19-,23?/m1/s1. The Morgan fingerprint density at radius 3 is 2.13 bits per heavy atom. The molecule has 0 spiro atoms. The first kappa shape index (κ1) is 24.4. The molecule has 0 aliphatic heterocycles. The van der Waals surface area contributed by atoms with Crippen molar-refractivity contribution in [2.24, 2.45) is 5.73 Å². The average molecular weight is 426 g/mol. The van der Waals surface area contributed by atoms with Crippen molar-refractivity contribution in [3.05, 3.63) is 63.7 Å². The van der Waals surface area contributed by atoms with Crippen molar-refractivity contribution < 1.29 is 14.7 Å². The van der Waals surface area contributed by atoms with Crippen molar-refractivity contribution in [1.29, 1.82) is 0 Å². The van der Waals surface area contributed by atoms with Gasteiger partial charge in [-0.05, 0) is 99.4 Å². The number of nitrogens with two attached hydrogens (primary N) is 1. The molecule has 6 nitrogen and oxygen atoms in total. The molecule has 2 aromatic rings. The normalized spacial score (nSPS) is 12.8. The topological polar surface area (TPSA) is 104 Å². The fourth-order valence-electron chi connectivity index (χ4n) is 3.86. The van der Waals surface area contributed by atoms with Crippen molar-refractivity contribution in [3.8, 4) is 5.75 Å². The molecule has 31 heavy (non-hydrogen) atoms. The Bertz CT molecular complexity index is 896. The van der Waals surface area contributed by atoms with Crippen LogP contribution >= 0.6 is 0 Å². The molecule has 2 aromatic carbocycles. The lowest BCUT2D eigenvalue weighted by Gasteiger charge is -2.19. The van der Waals surface area contributed by atoms with E-state index in [1.165, 1.54) is 16.7 Å². The monoisotopic (exact) mass is 425 g/mol. The van der Waals surface area contributed by atoms with Gasteiger partial charge in [-0.15, -0.1) is 0 Å². The molecule has 0 radical (unpaired) electrons. The maximum Gasteiger partial charge on any atom is 0.242 e. The predicted molar refractivity (Wildman–Crippen MR) is 124 cm³/mol. The molecular formula is C25H35N3O3. The van der Waals surface area contributed by atoms with Gasteiger partial charge in [0, 0.05) is 6.54 Å². The molecule has 2 atom stereocenters. The number of phenolic OH excluding ortho intramolecular Hbond substituents is 1. The van der Waals surface area contributed by atoms with Crippen LogP contribution in [-0.2, 0) is 22.4 Å². The van der Waals surface area contributed by atoms with Gasteiger partial charge >= 0.3 is 0 Å². The summed E-state index contributed by atoms with van der Waals surface area (Å²) in [7, 11) is 0. The third-order valence-corrected chi connectivity index (χ3v) is 5.74. The van der Waals surface area contributed by atoms with Gasteiger partial charge in [-0.2, -0.15) is 0 Å². The highest BCUT2D eigenvalue weighted by Gasteiger charge is 2.21. The molecule has 2 rings (SSSR count).